The van der Waals surface area contributed by atoms with Gasteiger partial charge in [-0.25, -0.2) is 0 Å². The molecule has 1 aromatic rings. The van der Waals surface area contributed by atoms with Crippen molar-refractivity contribution in [3.8, 4) is 0 Å². The average molecular weight is 482 g/mol. The molecular weight excluding hydrogens is 442 g/mol. The van der Waals surface area contributed by atoms with Crippen LogP contribution in [0.25, 0.3) is 6.08 Å². The zero-order valence-electron chi connectivity index (χ0n) is 21.1. The fraction of sp³-hybridized carbons (Fsp3) is 0.655. The van der Waals surface area contributed by atoms with Gasteiger partial charge >= 0.3 is 0 Å². The summed E-state index contributed by atoms with van der Waals surface area (Å²) in [5, 5.41) is 9.28. The molecule has 4 aliphatic rings. The molecule has 3 fully saturated rings. The van der Waals surface area contributed by atoms with Crippen LogP contribution >= 0.6 is 0 Å². The normalized spacial score (nSPS) is 29.8. The number of rotatable bonds is 8. The number of furan rings is 1. The number of fused-ring (bicyclic) bond motifs is 3. The van der Waals surface area contributed by atoms with Crippen molar-refractivity contribution >= 4 is 17.9 Å². The number of ether oxygens (including phenoxy) is 1. The number of imide groups is 1. The molecule has 0 spiro atoms. The molecule has 2 amide bonds. The predicted molar refractivity (Wildman–Crippen MR) is 133 cm³/mol. The van der Waals surface area contributed by atoms with Gasteiger partial charge in [-0.3, -0.25) is 14.5 Å². The summed E-state index contributed by atoms with van der Waals surface area (Å²) >= 11 is 0. The maximum atomic E-state index is 13.6. The van der Waals surface area contributed by atoms with Gasteiger partial charge in [-0.15, -0.1) is 0 Å². The summed E-state index contributed by atoms with van der Waals surface area (Å²) in [6.45, 7) is 4.76. The Morgan fingerprint density at radius 1 is 1.11 bits per heavy atom. The minimum Gasteiger partial charge on any atom is -0.459 e. The summed E-state index contributed by atoms with van der Waals surface area (Å²) in [5.41, 5.74) is 3.85. The van der Waals surface area contributed by atoms with E-state index in [0.29, 0.717) is 18.8 Å². The van der Waals surface area contributed by atoms with Crippen LogP contribution in [0.5, 0.6) is 0 Å². The van der Waals surface area contributed by atoms with E-state index >= 15 is 0 Å². The van der Waals surface area contributed by atoms with Crippen molar-refractivity contribution < 1.29 is 23.8 Å². The molecule has 2 saturated heterocycles. The maximum absolute atomic E-state index is 13.6. The van der Waals surface area contributed by atoms with Crippen molar-refractivity contribution in [2.45, 2.75) is 96.8 Å². The van der Waals surface area contributed by atoms with Crippen LogP contribution < -0.4 is 0 Å². The number of nitrogens with zero attached hydrogens (tertiary/aromatic N) is 1. The number of likely N-dealkylation sites (tertiary alicyclic amines) is 1. The Morgan fingerprint density at radius 2 is 1.91 bits per heavy atom. The number of aliphatic hydroxyl groups is 1. The van der Waals surface area contributed by atoms with Gasteiger partial charge < -0.3 is 14.3 Å². The second-order valence-electron chi connectivity index (χ2n) is 10.9. The van der Waals surface area contributed by atoms with E-state index in [-0.39, 0.29) is 48.3 Å². The highest BCUT2D eigenvalue weighted by Gasteiger charge is 2.57. The van der Waals surface area contributed by atoms with Crippen molar-refractivity contribution in [2.75, 3.05) is 6.61 Å². The topological polar surface area (TPSA) is 80.0 Å². The Balaban J connectivity index is 1.30. The van der Waals surface area contributed by atoms with Crippen LogP contribution in [0.4, 0.5) is 0 Å². The third-order valence-corrected chi connectivity index (χ3v) is 8.61. The lowest BCUT2D eigenvalue weighted by Gasteiger charge is -2.31. The van der Waals surface area contributed by atoms with Gasteiger partial charge in [-0.05, 0) is 69.2 Å². The smallest absolute Gasteiger partial charge is 0.234 e. The van der Waals surface area contributed by atoms with Gasteiger partial charge in [-0.1, -0.05) is 43.8 Å². The highest BCUT2D eigenvalue weighted by Crippen LogP contribution is 2.50. The first kappa shape index (κ1) is 24.5. The summed E-state index contributed by atoms with van der Waals surface area (Å²) in [6, 6.07) is 3.81. The van der Waals surface area contributed by atoms with E-state index in [0.717, 1.165) is 57.1 Å². The number of hydrogen-bond donors (Lipinski definition) is 1. The molecule has 6 nitrogen and oxygen atoms in total. The molecule has 4 atom stereocenters. The maximum Gasteiger partial charge on any atom is 0.234 e. The fourth-order valence-corrected chi connectivity index (χ4v) is 7.02. The van der Waals surface area contributed by atoms with E-state index in [9.17, 15) is 14.7 Å². The quantitative estimate of drug-likeness (QED) is 0.397. The molecule has 0 radical (unpaired) electrons. The molecule has 5 rings (SSSR count). The van der Waals surface area contributed by atoms with Crippen LogP contribution in [0.3, 0.4) is 0 Å². The number of carbonyl (C=O) groups excluding carboxylic acids is 2. The van der Waals surface area contributed by atoms with Gasteiger partial charge in [0.2, 0.25) is 11.8 Å². The molecule has 2 aliphatic carbocycles. The van der Waals surface area contributed by atoms with Crippen LogP contribution in [0.1, 0.15) is 89.6 Å². The average Bonchev–Trinajstić information content (AvgIpc) is 3.55. The minimum absolute atomic E-state index is 0.0115. The molecule has 0 unspecified atom stereocenters. The lowest BCUT2D eigenvalue weighted by molar-refractivity contribution is -0.143. The third-order valence-electron chi connectivity index (χ3n) is 8.61. The van der Waals surface area contributed by atoms with Crippen LogP contribution in [0.15, 0.2) is 33.3 Å². The fourth-order valence-electron chi connectivity index (χ4n) is 7.02. The SMILES string of the molecule is CCC/C(=C\c1ccc(CO)o1)CC[C@H]1OC[C@H]2C1=C(C)C[C@H]1C(=O)N(C3CCCCC3)C(=O)[C@H]12. The molecule has 190 valence electrons. The summed E-state index contributed by atoms with van der Waals surface area (Å²) in [4.78, 5) is 28.6. The second-order valence-corrected chi connectivity index (χ2v) is 10.9. The molecule has 35 heavy (non-hydrogen) atoms. The van der Waals surface area contributed by atoms with Crippen LogP contribution in [0.2, 0.25) is 0 Å². The standard InChI is InChI=1S/C29H39NO5/c1-3-7-19(15-21-11-12-22(16-31)35-21)10-13-25-26-18(2)14-23-27(24(26)17-34-25)29(33)30(28(23)32)20-8-5-4-6-9-20/h11-12,15,20,23-25,27,31H,3-10,13-14,16-17H2,1-2H3/b19-15+/t23-,24+,25-,27-/m1/s1. The molecule has 0 aromatic carbocycles. The van der Waals surface area contributed by atoms with Gasteiger partial charge in [-0.2, -0.15) is 0 Å². The molecule has 6 heteroatoms. The first-order valence-corrected chi connectivity index (χ1v) is 13.6. The molecule has 1 N–H and O–H groups in total. The van der Waals surface area contributed by atoms with Gasteiger partial charge in [0.25, 0.3) is 0 Å². The predicted octanol–water partition coefficient (Wildman–Crippen LogP) is 5.40. The Hall–Kier alpha value is -2.18. The van der Waals surface area contributed by atoms with E-state index in [2.05, 4.69) is 19.9 Å². The van der Waals surface area contributed by atoms with Crippen molar-refractivity contribution in [1.82, 2.24) is 4.90 Å². The van der Waals surface area contributed by atoms with E-state index in [1.807, 2.05) is 12.1 Å². The molecule has 0 bridgehead atoms. The Labute approximate surface area is 208 Å². The van der Waals surface area contributed by atoms with E-state index < -0.39 is 0 Å². The Bertz CT molecular complexity index is 1010. The molecule has 2 aliphatic heterocycles. The van der Waals surface area contributed by atoms with Gasteiger partial charge in [0.15, 0.2) is 0 Å². The molecule has 1 saturated carbocycles. The summed E-state index contributed by atoms with van der Waals surface area (Å²) < 4.78 is 12.0. The van der Waals surface area contributed by atoms with Crippen LogP contribution in [-0.4, -0.2) is 40.6 Å². The Morgan fingerprint density at radius 3 is 2.63 bits per heavy atom. The number of hydrogen-bond acceptors (Lipinski definition) is 5. The minimum atomic E-state index is -0.237. The number of aliphatic hydroxyl groups excluding tert-OH is 1. The van der Waals surface area contributed by atoms with Crippen LogP contribution in [0, 0.1) is 17.8 Å². The third kappa shape index (κ3) is 4.67. The number of carbonyl (C=O) groups is 2. The Kier molecular flexibility index (Phi) is 7.31. The van der Waals surface area contributed by atoms with E-state index in [1.165, 1.54) is 23.1 Å². The first-order valence-electron chi connectivity index (χ1n) is 13.6. The molecular formula is C29H39NO5. The van der Waals surface area contributed by atoms with E-state index in [1.54, 1.807) is 4.90 Å². The largest absolute Gasteiger partial charge is 0.459 e. The van der Waals surface area contributed by atoms with Crippen molar-refractivity contribution in [3.05, 3.63) is 40.4 Å². The summed E-state index contributed by atoms with van der Waals surface area (Å²) in [7, 11) is 0. The van der Waals surface area contributed by atoms with Gasteiger partial charge in [0, 0.05) is 12.0 Å². The zero-order chi connectivity index (χ0) is 24.5. The zero-order valence-corrected chi connectivity index (χ0v) is 21.1. The highest BCUT2D eigenvalue weighted by atomic mass is 16.5. The van der Waals surface area contributed by atoms with Crippen molar-refractivity contribution in [1.29, 1.82) is 0 Å². The van der Waals surface area contributed by atoms with Crippen molar-refractivity contribution in [3.63, 3.8) is 0 Å². The summed E-state index contributed by atoms with van der Waals surface area (Å²) in [5.74, 6) is 1.09. The first-order chi connectivity index (χ1) is 17.0. The second kappa shape index (κ2) is 10.4. The lowest BCUT2D eigenvalue weighted by Crippen LogP contribution is -2.42. The van der Waals surface area contributed by atoms with Crippen molar-refractivity contribution in [2.24, 2.45) is 17.8 Å². The molecule has 3 heterocycles. The van der Waals surface area contributed by atoms with Gasteiger partial charge in [0.1, 0.15) is 18.1 Å². The lowest BCUT2D eigenvalue weighted by atomic mass is 9.70. The highest BCUT2D eigenvalue weighted by molar-refractivity contribution is 6.06. The van der Waals surface area contributed by atoms with Gasteiger partial charge in [0.05, 0.1) is 24.5 Å². The molecule has 1 aromatic heterocycles. The monoisotopic (exact) mass is 481 g/mol. The van der Waals surface area contributed by atoms with Crippen LogP contribution in [-0.2, 0) is 20.9 Å². The number of allylic oxidation sites excluding steroid dienone is 2. The van der Waals surface area contributed by atoms with E-state index in [4.69, 9.17) is 9.15 Å². The number of amides is 2. The summed E-state index contributed by atoms with van der Waals surface area (Å²) in [6.07, 6.45) is 11.9.